The lowest BCUT2D eigenvalue weighted by Crippen LogP contribution is -2.37. The highest BCUT2D eigenvalue weighted by atomic mass is 32.2. The minimum absolute atomic E-state index is 0.0626. The van der Waals surface area contributed by atoms with Crippen LogP contribution in [0.15, 0.2) is 29.4 Å². The summed E-state index contributed by atoms with van der Waals surface area (Å²) in [7, 11) is -3.62. The van der Waals surface area contributed by atoms with Crippen molar-refractivity contribution in [2.75, 3.05) is 19.7 Å². The van der Waals surface area contributed by atoms with E-state index in [2.05, 4.69) is 19.9 Å². The van der Waals surface area contributed by atoms with Gasteiger partial charge >= 0.3 is 0 Å². The predicted octanol–water partition coefficient (Wildman–Crippen LogP) is 0.461. The molecule has 1 amide bonds. The van der Waals surface area contributed by atoms with E-state index in [1.165, 1.54) is 6.33 Å². The summed E-state index contributed by atoms with van der Waals surface area (Å²) in [4.78, 5) is 18.2. The molecule has 27 heavy (non-hydrogen) atoms. The van der Waals surface area contributed by atoms with Crippen molar-refractivity contribution in [1.29, 1.82) is 0 Å². The van der Waals surface area contributed by atoms with Crippen LogP contribution in [0.4, 0.5) is 0 Å². The number of fused-ring (bicyclic) bond motifs is 1. The van der Waals surface area contributed by atoms with Crippen molar-refractivity contribution in [2.45, 2.75) is 36.8 Å². The van der Waals surface area contributed by atoms with E-state index in [1.54, 1.807) is 17.0 Å². The van der Waals surface area contributed by atoms with Gasteiger partial charge in [-0.3, -0.25) is 9.89 Å². The molecule has 1 unspecified atom stereocenters. The third kappa shape index (κ3) is 3.87. The van der Waals surface area contributed by atoms with Crippen LogP contribution in [0.3, 0.4) is 0 Å². The smallest absolute Gasteiger partial charge is 0.291 e. The van der Waals surface area contributed by atoms with E-state index in [9.17, 15) is 13.2 Å². The van der Waals surface area contributed by atoms with E-state index in [0.717, 1.165) is 24.0 Å². The fourth-order valence-corrected chi connectivity index (χ4v) is 4.54. The Hall–Kier alpha value is -2.30. The maximum Gasteiger partial charge on any atom is 0.291 e. The molecule has 1 saturated heterocycles. The SMILES string of the molecule is O=C(c1ncn[nH]1)N1CCc2ccc(S(=O)(=O)NCC3CCCO3)cc2C1. The minimum atomic E-state index is -3.62. The van der Waals surface area contributed by atoms with E-state index in [4.69, 9.17) is 4.74 Å². The summed E-state index contributed by atoms with van der Waals surface area (Å²) in [6, 6.07) is 5.09. The molecule has 0 bridgehead atoms. The molecule has 2 N–H and O–H groups in total. The molecule has 1 fully saturated rings. The maximum atomic E-state index is 12.6. The number of ether oxygens (including phenoxy) is 1. The van der Waals surface area contributed by atoms with E-state index in [-0.39, 0.29) is 29.3 Å². The number of benzene rings is 1. The third-order valence-electron chi connectivity index (χ3n) is 4.93. The average molecular weight is 391 g/mol. The lowest BCUT2D eigenvalue weighted by atomic mass is 10.00. The normalized spacial score (nSPS) is 19.9. The largest absolute Gasteiger partial charge is 0.377 e. The monoisotopic (exact) mass is 391 g/mol. The molecule has 3 heterocycles. The second-order valence-electron chi connectivity index (χ2n) is 6.73. The molecule has 1 atom stereocenters. The molecule has 0 spiro atoms. The van der Waals surface area contributed by atoms with Gasteiger partial charge in [0.1, 0.15) is 6.33 Å². The number of carbonyl (C=O) groups excluding carboxylic acids is 1. The molecule has 4 rings (SSSR count). The number of H-pyrrole nitrogens is 1. The summed E-state index contributed by atoms with van der Waals surface area (Å²) < 4.78 is 33.3. The standard InChI is InChI=1S/C17H21N5O4S/c23-17(16-18-11-19-21-16)22-6-5-12-3-4-15(8-13(12)10-22)27(24,25)20-9-14-2-1-7-26-14/h3-4,8,11,14,20H,1-2,5-7,9-10H2,(H,18,19,21). The van der Waals surface area contributed by atoms with Gasteiger partial charge in [-0.15, -0.1) is 0 Å². The number of sulfonamides is 1. The molecule has 2 aliphatic rings. The number of nitrogens with zero attached hydrogens (tertiary/aromatic N) is 3. The summed E-state index contributed by atoms with van der Waals surface area (Å²) in [5.41, 5.74) is 1.88. The molecule has 144 valence electrons. The van der Waals surface area contributed by atoms with Gasteiger partial charge in [0, 0.05) is 26.2 Å². The van der Waals surface area contributed by atoms with Crippen molar-refractivity contribution in [2.24, 2.45) is 0 Å². The quantitative estimate of drug-likeness (QED) is 0.765. The number of carbonyl (C=O) groups is 1. The molecular weight excluding hydrogens is 370 g/mol. The van der Waals surface area contributed by atoms with Gasteiger partial charge in [-0.05, 0) is 42.5 Å². The van der Waals surface area contributed by atoms with Crippen molar-refractivity contribution in [3.63, 3.8) is 0 Å². The first-order chi connectivity index (χ1) is 13.0. The molecule has 0 radical (unpaired) electrons. The summed E-state index contributed by atoms with van der Waals surface area (Å²) >= 11 is 0. The van der Waals surface area contributed by atoms with Crippen LogP contribution in [0, 0.1) is 0 Å². The number of aromatic nitrogens is 3. The zero-order valence-corrected chi connectivity index (χ0v) is 15.5. The molecule has 9 nitrogen and oxygen atoms in total. The zero-order valence-electron chi connectivity index (χ0n) is 14.7. The Morgan fingerprint density at radius 1 is 1.37 bits per heavy atom. The number of amides is 1. The van der Waals surface area contributed by atoms with Gasteiger partial charge in [0.2, 0.25) is 15.8 Å². The molecule has 1 aromatic heterocycles. The van der Waals surface area contributed by atoms with Gasteiger partial charge in [0.15, 0.2) is 0 Å². The van der Waals surface area contributed by atoms with Crippen molar-refractivity contribution in [3.05, 3.63) is 41.5 Å². The Labute approximate surface area is 157 Å². The highest BCUT2D eigenvalue weighted by Crippen LogP contribution is 2.23. The summed E-state index contributed by atoms with van der Waals surface area (Å²) in [5, 5.41) is 6.27. The molecule has 0 saturated carbocycles. The third-order valence-corrected chi connectivity index (χ3v) is 6.35. The highest BCUT2D eigenvalue weighted by Gasteiger charge is 2.26. The Balaban J connectivity index is 1.49. The van der Waals surface area contributed by atoms with Crippen LogP contribution in [0.2, 0.25) is 0 Å². The molecular formula is C17H21N5O4S. The van der Waals surface area contributed by atoms with Crippen molar-refractivity contribution in [3.8, 4) is 0 Å². The van der Waals surface area contributed by atoms with Gasteiger partial charge in [-0.1, -0.05) is 6.07 Å². The van der Waals surface area contributed by atoms with Crippen LogP contribution >= 0.6 is 0 Å². The number of aromatic amines is 1. The highest BCUT2D eigenvalue weighted by molar-refractivity contribution is 7.89. The first-order valence-corrected chi connectivity index (χ1v) is 10.4. The van der Waals surface area contributed by atoms with Crippen molar-refractivity contribution in [1.82, 2.24) is 24.8 Å². The summed E-state index contributed by atoms with van der Waals surface area (Å²) in [6.45, 7) is 1.84. The van der Waals surface area contributed by atoms with Crippen LogP contribution in [0.1, 0.15) is 34.6 Å². The van der Waals surface area contributed by atoms with Crippen LogP contribution in [0.25, 0.3) is 0 Å². The van der Waals surface area contributed by atoms with Gasteiger partial charge in [-0.25, -0.2) is 18.1 Å². The molecule has 2 aromatic rings. The van der Waals surface area contributed by atoms with Crippen LogP contribution in [-0.2, 0) is 27.7 Å². The second kappa shape index (κ2) is 7.37. The molecule has 2 aliphatic heterocycles. The van der Waals surface area contributed by atoms with Crippen LogP contribution < -0.4 is 4.72 Å². The molecule has 0 aliphatic carbocycles. The number of hydrogen-bond acceptors (Lipinski definition) is 6. The van der Waals surface area contributed by atoms with Gasteiger partial charge in [0.25, 0.3) is 5.91 Å². The lowest BCUT2D eigenvalue weighted by Gasteiger charge is -2.28. The second-order valence-corrected chi connectivity index (χ2v) is 8.50. The van der Waals surface area contributed by atoms with Crippen LogP contribution in [0.5, 0.6) is 0 Å². The van der Waals surface area contributed by atoms with E-state index >= 15 is 0 Å². The van der Waals surface area contributed by atoms with E-state index < -0.39 is 10.0 Å². The van der Waals surface area contributed by atoms with Gasteiger partial charge < -0.3 is 9.64 Å². The minimum Gasteiger partial charge on any atom is -0.377 e. The predicted molar refractivity (Wildman–Crippen MR) is 95.4 cm³/mol. The van der Waals surface area contributed by atoms with E-state index in [0.29, 0.717) is 26.1 Å². The van der Waals surface area contributed by atoms with Gasteiger partial charge in [0.05, 0.1) is 11.0 Å². The van der Waals surface area contributed by atoms with Crippen molar-refractivity contribution >= 4 is 15.9 Å². The fraction of sp³-hybridized carbons (Fsp3) is 0.471. The Morgan fingerprint density at radius 3 is 3.00 bits per heavy atom. The topological polar surface area (TPSA) is 117 Å². The average Bonchev–Trinajstić information content (AvgIpc) is 3.38. The Bertz CT molecular complexity index is 923. The first-order valence-electron chi connectivity index (χ1n) is 8.90. The molecule has 10 heteroatoms. The number of hydrogen-bond donors (Lipinski definition) is 2. The first kappa shape index (κ1) is 18.1. The Morgan fingerprint density at radius 2 is 2.26 bits per heavy atom. The number of rotatable bonds is 5. The Kier molecular flexibility index (Phi) is 4.94. The summed E-state index contributed by atoms with van der Waals surface area (Å²) in [6.07, 6.45) is 3.72. The van der Waals surface area contributed by atoms with E-state index in [1.807, 2.05) is 6.07 Å². The zero-order chi connectivity index (χ0) is 18.9. The summed E-state index contributed by atoms with van der Waals surface area (Å²) in [5.74, 6) is -0.0663. The van der Waals surface area contributed by atoms with Crippen molar-refractivity contribution < 1.29 is 17.9 Å². The maximum absolute atomic E-state index is 12.6. The number of nitrogens with one attached hydrogen (secondary N) is 2. The molecule has 1 aromatic carbocycles. The lowest BCUT2D eigenvalue weighted by molar-refractivity contribution is 0.0722. The van der Waals surface area contributed by atoms with Crippen LogP contribution in [-0.4, -0.2) is 60.2 Å². The van der Waals surface area contributed by atoms with Gasteiger partial charge in [-0.2, -0.15) is 5.10 Å². The fourth-order valence-electron chi connectivity index (χ4n) is 3.42.